The van der Waals surface area contributed by atoms with Crippen LogP contribution in [0.1, 0.15) is 47.1 Å². The standard InChI is InChI=1S/C24H33NO8/c1-7-9-17(8-2)21(28)32-15(3)14-31-22(29)18(25-23(30)33-24(4,5)6)12-16-10-11-19(26)20(27)13-16/h7-11,13,15,18,26-27H,12,14H2,1-6H3,(H,25,30)/b9-7-,17-8+/t15-,18?/m1/s1. The summed E-state index contributed by atoms with van der Waals surface area (Å²) in [6.07, 6.45) is 3.32. The predicted molar refractivity (Wildman–Crippen MR) is 122 cm³/mol. The van der Waals surface area contributed by atoms with Crippen molar-refractivity contribution in [1.29, 1.82) is 0 Å². The van der Waals surface area contributed by atoms with E-state index >= 15 is 0 Å². The van der Waals surface area contributed by atoms with Crippen LogP contribution < -0.4 is 5.32 Å². The van der Waals surface area contributed by atoms with Crippen LogP contribution in [0.3, 0.4) is 0 Å². The van der Waals surface area contributed by atoms with E-state index in [-0.39, 0.29) is 24.5 Å². The van der Waals surface area contributed by atoms with Crippen LogP contribution in [0, 0.1) is 0 Å². The molecule has 0 radical (unpaired) electrons. The molecule has 1 unspecified atom stereocenters. The molecule has 182 valence electrons. The Morgan fingerprint density at radius 3 is 2.33 bits per heavy atom. The molecule has 1 aromatic carbocycles. The summed E-state index contributed by atoms with van der Waals surface area (Å²) < 4.78 is 15.7. The minimum Gasteiger partial charge on any atom is -0.504 e. The number of hydrogen-bond donors (Lipinski definition) is 3. The molecule has 0 bridgehead atoms. The second-order valence-corrected chi connectivity index (χ2v) is 8.32. The maximum Gasteiger partial charge on any atom is 0.408 e. The van der Waals surface area contributed by atoms with E-state index in [4.69, 9.17) is 14.2 Å². The van der Waals surface area contributed by atoms with Crippen LogP contribution in [0.5, 0.6) is 11.5 Å². The Kier molecular flexibility index (Phi) is 10.5. The van der Waals surface area contributed by atoms with Gasteiger partial charge in [0.25, 0.3) is 0 Å². The highest BCUT2D eigenvalue weighted by Gasteiger charge is 2.27. The first-order chi connectivity index (χ1) is 15.4. The first-order valence-electron chi connectivity index (χ1n) is 10.5. The zero-order chi connectivity index (χ0) is 25.2. The molecule has 9 nitrogen and oxygen atoms in total. The van der Waals surface area contributed by atoms with Gasteiger partial charge in [-0.2, -0.15) is 0 Å². The fourth-order valence-corrected chi connectivity index (χ4v) is 2.62. The number of phenolic OH excluding ortho intramolecular Hbond substituents is 2. The molecular formula is C24H33NO8. The van der Waals surface area contributed by atoms with Gasteiger partial charge in [0, 0.05) is 6.42 Å². The van der Waals surface area contributed by atoms with E-state index in [1.807, 2.05) is 0 Å². The molecule has 0 aliphatic carbocycles. The van der Waals surface area contributed by atoms with Gasteiger partial charge in [-0.05, 0) is 59.2 Å². The van der Waals surface area contributed by atoms with Crippen molar-refractivity contribution in [2.75, 3.05) is 6.61 Å². The first-order valence-corrected chi connectivity index (χ1v) is 10.5. The molecule has 33 heavy (non-hydrogen) atoms. The number of benzene rings is 1. The van der Waals surface area contributed by atoms with E-state index in [0.717, 1.165) is 0 Å². The summed E-state index contributed by atoms with van der Waals surface area (Å²) in [7, 11) is 0. The Hall–Kier alpha value is -3.49. The SMILES string of the molecule is C/C=C\C(=C/C)C(=O)O[C@H](C)COC(=O)C(Cc1ccc(O)c(O)c1)NC(=O)OC(C)(C)C. The number of carbonyl (C=O) groups excluding carboxylic acids is 3. The zero-order valence-corrected chi connectivity index (χ0v) is 19.9. The van der Waals surface area contributed by atoms with E-state index in [1.54, 1.807) is 59.8 Å². The lowest BCUT2D eigenvalue weighted by molar-refractivity contribution is -0.156. The smallest absolute Gasteiger partial charge is 0.408 e. The summed E-state index contributed by atoms with van der Waals surface area (Å²) in [6.45, 7) is 9.86. The Labute approximate surface area is 194 Å². The largest absolute Gasteiger partial charge is 0.504 e. The van der Waals surface area contributed by atoms with Crippen molar-refractivity contribution in [3.8, 4) is 11.5 Å². The zero-order valence-electron chi connectivity index (χ0n) is 19.9. The lowest BCUT2D eigenvalue weighted by Gasteiger charge is -2.23. The lowest BCUT2D eigenvalue weighted by atomic mass is 10.1. The van der Waals surface area contributed by atoms with E-state index in [9.17, 15) is 24.6 Å². The highest BCUT2D eigenvalue weighted by Crippen LogP contribution is 2.25. The van der Waals surface area contributed by atoms with Crippen LogP contribution in [0.25, 0.3) is 0 Å². The molecule has 0 heterocycles. The molecule has 2 atom stereocenters. The van der Waals surface area contributed by atoms with Gasteiger partial charge in [0.05, 0.1) is 5.57 Å². The molecule has 1 amide bonds. The summed E-state index contributed by atoms with van der Waals surface area (Å²) in [5, 5.41) is 21.7. The van der Waals surface area contributed by atoms with Crippen LogP contribution in [-0.4, -0.2) is 52.6 Å². The summed E-state index contributed by atoms with van der Waals surface area (Å²) in [6, 6.07) is 2.89. The Morgan fingerprint density at radius 2 is 1.79 bits per heavy atom. The van der Waals surface area contributed by atoms with Crippen molar-refractivity contribution in [3.63, 3.8) is 0 Å². The maximum atomic E-state index is 12.7. The average Bonchev–Trinajstić information content (AvgIpc) is 2.70. The average molecular weight is 464 g/mol. The number of amides is 1. The molecule has 0 aliphatic rings. The second-order valence-electron chi connectivity index (χ2n) is 8.32. The summed E-state index contributed by atoms with van der Waals surface area (Å²) in [4.78, 5) is 37.1. The fraction of sp³-hybridized carbons (Fsp3) is 0.458. The first kappa shape index (κ1) is 27.5. The van der Waals surface area contributed by atoms with Gasteiger partial charge in [-0.3, -0.25) is 0 Å². The quantitative estimate of drug-likeness (QED) is 0.167. The van der Waals surface area contributed by atoms with Crippen LogP contribution in [0.4, 0.5) is 4.79 Å². The van der Waals surface area contributed by atoms with Gasteiger partial charge in [-0.25, -0.2) is 14.4 Å². The number of allylic oxidation sites excluding steroid dienone is 2. The number of carbonyl (C=O) groups is 3. The lowest BCUT2D eigenvalue weighted by Crippen LogP contribution is -2.46. The molecule has 0 spiro atoms. The number of aromatic hydroxyl groups is 2. The third kappa shape index (κ3) is 10.1. The van der Waals surface area contributed by atoms with E-state index < -0.39 is 35.8 Å². The third-order valence-electron chi connectivity index (χ3n) is 4.12. The molecule has 1 aromatic rings. The monoisotopic (exact) mass is 463 g/mol. The van der Waals surface area contributed by atoms with Gasteiger partial charge in [-0.15, -0.1) is 0 Å². The number of nitrogens with one attached hydrogen (secondary N) is 1. The minimum absolute atomic E-state index is 0.0376. The normalized spacial score (nSPS) is 13.8. The van der Waals surface area contributed by atoms with Gasteiger partial charge in [0.2, 0.25) is 0 Å². The highest BCUT2D eigenvalue weighted by molar-refractivity contribution is 5.91. The van der Waals surface area contributed by atoms with Crippen molar-refractivity contribution in [3.05, 3.63) is 47.6 Å². The Balaban J connectivity index is 2.86. The van der Waals surface area contributed by atoms with E-state index in [2.05, 4.69) is 5.32 Å². The molecule has 9 heteroatoms. The molecule has 0 aromatic heterocycles. The van der Waals surface area contributed by atoms with Crippen LogP contribution in [-0.2, 0) is 30.2 Å². The Morgan fingerprint density at radius 1 is 1.12 bits per heavy atom. The van der Waals surface area contributed by atoms with Gasteiger partial charge >= 0.3 is 18.0 Å². The number of esters is 2. The predicted octanol–water partition coefficient (Wildman–Crippen LogP) is 3.53. The van der Waals surface area contributed by atoms with Crippen LogP contribution >= 0.6 is 0 Å². The molecule has 0 saturated carbocycles. The fourth-order valence-electron chi connectivity index (χ4n) is 2.62. The van der Waals surface area contributed by atoms with Crippen LogP contribution in [0.15, 0.2) is 42.0 Å². The van der Waals surface area contributed by atoms with Gasteiger partial charge in [-0.1, -0.05) is 24.3 Å². The summed E-state index contributed by atoms with van der Waals surface area (Å²) in [5.74, 6) is -2.01. The molecule has 1 rings (SSSR count). The molecular weight excluding hydrogens is 430 g/mol. The number of ether oxygens (including phenoxy) is 3. The van der Waals surface area contributed by atoms with E-state index in [0.29, 0.717) is 11.1 Å². The van der Waals surface area contributed by atoms with Gasteiger partial charge in [0.15, 0.2) is 11.5 Å². The van der Waals surface area contributed by atoms with Gasteiger partial charge < -0.3 is 29.7 Å². The highest BCUT2D eigenvalue weighted by atomic mass is 16.6. The van der Waals surface area contributed by atoms with Crippen molar-refractivity contribution in [2.24, 2.45) is 0 Å². The Bertz CT molecular complexity index is 898. The third-order valence-corrected chi connectivity index (χ3v) is 4.12. The number of hydrogen-bond acceptors (Lipinski definition) is 8. The molecule has 3 N–H and O–H groups in total. The molecule has 0 fully saturated rings. The van der Waals surface area contributed by atoms with Crippen molar-refractivity contribution >= 4 is 18.0 Å². The van der Waals surface area contributed by atoms with Crippen molar-refractivity contribution in [2.45, 2.75) is 65.7 Å². The number of phenols is 2. The van der Waals surface area contributed by atoms with E-state index in [1.165, 1.54) is 18.2 Å². The van der Waals surface area contributed by atoms with Crippen molar-refractivity contribution < 1.29 is 38.8 Å². The minimum atomic E-state index is -1.15. The topological polar surface area (TPSA) is 131 Å². The molecule has 0 saturated heterocycles. The summed E-state index contributed by atoms with van der Waals surface area (Å²) in [5.41, 5.74) is 0.0503. The molecule has 0 aliphatic heterocycles. The summed E-state index contributed by atoms with van der Waals surface area (Å²) >= 11 is 0. The number of rotatable bonds is 9. The number of alkyl carbamates (subject to hydrolysis) is 1. The van der Waals surface area contributed by atoms with Gasteiger partial charge in [0.1, 0.15) is 24.4 Å². The van der Waals surface area contributed by atoms with Crippen molar-refractivity contribution in [1.82, 2.24) is 5.32 Å². The van der Waals surface area contributed by atoms with Crippen LogP contribution in [0.2, 0.25) is 0 Å². The second kappa shape index (κ2) is 12.5. The maximum absolute atomic E-state index is 12.7.